The zero-order valence-corrected chi connectivity index (χ0v) is 18.3. The third-order valence-corrected chi connectivity index (χ3v) is 6.07. The molecule has 0 amide bonds. The van der Waals surface area contributed by atoms with Crippen LogP contribution in [-0.2, 0) is 0 Å². The molecular weight excluding hydrogens is 394 g/mol. The van der Waals surface area contributed by atoms with Crippen LogP contribution in [0.1, 0.15) is 32.2 Å². The normalized spacial score (nSPS) is 12.7. The van der Waals surface area contributed by atoms with Gasteiger partial charge < -0.3 is 4.42 Å². The van der Waals surface area contributed by atoms with E-state index in [0.29, 0.717) is 0 Å². The van der Waals surface area contributed by atoms with Gasteiger partial charge in [0, 0.05) is 24.0 Å². The Morgan fingerprint density at radius 2 is 1.78 bits per heavy atom. The number of benzene rings is 3. The first kappa shape index (κ1) is 17.7. The van der Waals surface area contributed by atoms with Gasteiger partial charge in [0.05, 0.1) is 17.3 Å². The van der Waals surface area contributed by atoms with Crippen molar-refractivity contribution in [2.75, 3.05) is 0 Å². The van der Waals surface area contributed by atoms with Crippen LogP contribution in [0.5, 0.6) is 0 Å². The third kappa shape index (κ3) is 2.76. The zero-order valence-electron chi connectivity index (χ0n) is 19.3. The van der Waals surface area contributed by atoms with Crippen LogP contribution >= 0.6 is 0 Å². The number of rotatable bonds is 3. The molecule has 3 aromatic heterocycles. The molecule has 0 spiro atoms. The highest BCUT2D eigenvalue weighted by Crippen LogP contribution is 2.38. The molecule has 4 nitrogen and oxygen atoms in total. The predicted molar refractivity (Wildman–Crippen MR) is 130 cm³/mol. The number of hydrogen-bond acceptors (Lipinski definition) is 3. The minimum absolute atomic E-state index is 0.693. The lowest BCUT2D eigenvalue weighted by atomic mass is 10.0. The molecule has 0 aliphatic carbocycles. The minimum atomic E-state index is -0.693. The van der Waals surface area contributed by atoms with E-state index in [1.54, 1.807) is 0 Å². The molecule has 6 rings (SSSR count). The Hall–Kier alpha value is -3.92. The molecule has 0 unspecified atom stereocenters. The van der Waals surface area contributed by atoms with Gasteiger partial charge in [0.25, 0.3) is 0 Å². The van der Waals surface area contributed by atoms with E-state index >= 15 is 0 Å². The topological polar surface area (TPSA) is 43.9 Å². The van der Waals surface area contributed by atoms with E-state index < -0.39 is 5.89 Å². The van der Waals surface area contributed by atoms with Crippen molar-refractivity contribution in [3.63, 3.8) is 0 Å². The number of imidazole rings is 1. The quantitative estimate of drug-likeness (QED) is 0.300. The van der Waals surface area contributed by atoms with Crippen LogP contribution in [0.15, 0.2) is 83.5 Å². The molecule has 0 N–H and O–H groups in total. The summed E-state index contributed by atoms with van der Waals surface area (Å²) in [6, 6.07) is 22.5. The van der Waals surface area contributed by atoms with Crippen molar-refractivity contribution >= 4 is 33.0 Å². The average Bonchev–Trinajstić information content (AvgIpc) is 3.38. The Bertz CT molecular complexity index is 1660. The molecule has 0 atom stereocenters. The van der Waals surface area contributed by atoms with E-state index in [1.807, 2.05) is 56.6 Å². The van der Waals surface area contributed by atoms with Crippen LogP contribution < -0.4 is 0 Å². The fraction of sp³-hybridized carbons (Fsp3) is 0.143. The van der Waals surface area contributed by atoms with E-state index in [9.17, 15) is 0 Å². The first-order valence-corrected chi connectivity index (χ1v) is 10.8. The molecule has 0 aliphatic heterocycles. The zero-order chi connectivity index (χ0) is 22.7. The smallest absolute Gasteiger partial charge is 0.149 e. The molecule has 3 heterocycles. The van der Waals surface area contributed by atoms with Gasteiger partial charge in [-0.05, 0) is 48.2 Å². The van der Waals surface area contributed by atoms with Gasteiger partial charge in [0.15, 0.2) is 0 Å². The monoisotopic (exact) mass is 418 g/mol. The van der Waals surface area contributed by atoms with Crippen molar-refractivity contribution in [1.29, 1.82) is 0 Å². The van der Waals surface area contributed by atoms with E-state index in [0.717, 1.165) is 61.2 Å². The average molecular weight is 419 g/mol. The number of para-hydroxylation sites is 2. The second kappa shape index (κ2) is 7.06. The maximum atomic E-state index is 8.40. The molecule has 0 fully saturated rings. The molecule has 6 aromatic rings. The van der Waals surface area contributed by atoms with Gasteiger partial charge in [-0.2, -0.15) is 0 Å². The molecule has 0 bridgehead atoms. The summed E-state index contributed by atoms with van der Waals surface area (Å²) in [7, 11) is 0. The van der Waals surface area contributed by atoms with Crippen molar-refractivity contribution in [2.45, 2.75) is 26.7 Å². The lowest BCUT2D eigenvalue weighted by molar-refractivity contribution is 0.667. The summed E-state index contributed by atoms with van der Waals surface area (Å²) >= 11 is 0. The van der Waals surface area contributed by atoms with Crippen molar-refractivity contribution in [3.05, 3.63) is 90.3 Å². The molecule has 0 saturated heterocycles. The fourth-order valence-electron chi connectivity index (χ4n) is 4.48. The Morgan fingerprint density at radius 3 is 2.59 bits per heavy atom. The van der Waals surface area contributed by atoms with Gasteiger partial charge in [-0.25, -0.2) is 4.98 Å². The predicted octanol–water partition coefficient (Wildman–Crippen LogP) is 7.42. The number of pyridine rings is 1. The summed E-state index contributed by atoms with van der Waals surface area (Å²) in [5.74, 6) is 0.125. The summed E-state index contributed by atoms with van der Waals surface area (Å²) < 4.78 is 17.0. The summed E-state index contributed by atoms with van der Waals surface area (Å²) in [6.45, 7) is 5.84. The Kier molecular flexibility index (Phi) is 3.91. The number of furan rings is 1. The van der Waals surface area contributed by atoms with Crippen LogP contribution in [0.2, 0.25) is 0 Å². The molecule has 3 aromatic carbocycles. The van der Waals surface area contributed by atoms with Gasteiger partial charge >= 0.3 is 0 Å². The number of hydrogen-bond donors (Lipinski definition) is 0. The van der Waals surface area contributed by atoms with Crippen LogP contribution in [-0.4, -0.2) is 14.5 Å². The first-order valence-electron chi connectivity index (χ1n) is 11.3. The Morgan fingerprint density at radius 1 is 0.938 bits per heavy atom. The summed E-state index contributed by atoms with van der Waals surface area (Å²) in [5, 5.41) is 2.08. The van der Waals surface area contributed by atoms with Gasteiger partial charge in [-0.3, -0.25) is 9.55 Å². The van der Waals surface area contributed by atoms with E-state index in [4.69, 9.17) is 10.8 Å². The van der Waals surface area contributed by atoms with E-state index in [-0.39, 0.29) is 0 Å². The van der Waals surface area contributed by atoms with Crippen LogP contribution in [0.4, 0.5) is 0 Å². The minimum Gasteiger partial charge on any atom is -0.455 e. The number of aryl methyl sites for hydroxylation is 1. The van der Waals surface area contributed by atoms with E-state index in [2.05, 4.69) is 52.9 Å². The second-order valence-electron chi connectivity index (χ2n) is 8.43. The van der Waals surface area contributed by atoms with Crippen LogP contribution in [0.25, 0.3) is 50.0 Å². The number of nitrogens with zero attached hydrogens (tertiary/aromatic N) is 3. The van der Waals surface area contributed by atoms with Crippen LogP contribution in [0, 0.1) is 6.92 Å². The standard InChI is InChI=1S/C28H23N3O/c1-17(2)19-12-13-21-22-10-7-11-23(27(22)32-25(21)14-19)28-30-24-16-29-15-18(3)26(24)31(28)20-8-5-4-6-9-20/h4-17H,1-3H3/i17D. The molecule has 0 saturated carbocycles. The molecule has 0 aliphatic rings. The molecule has 4 heteroatoms. The Balaban J connectivity index is 1.69. The van der Waals surface area contributed by atoms with Crippen molar-refractivity contribution in [2.24, 2.45) is 0 Å². The number of fused-ring (bicyclic) bond motifs is 4. The van der Waals surface area contributed by atoms with Gasteiger partial charge in [0.1, 0.15) is 22.5 Å². The third-order valence-electron chi connectivity index (χ3n) is 6.07. The summed E-state index contributed by atoms with van der Waals surface area (Å²) in [4.78, 5) is 9.37. The van der Waals surface area contributed by atoms with Crippen molar-refractivity contribution in [3.8, 4) is 17.1 Å². The first-order chi connectivity index (χ1) is 15.9. The highest BCUT2D eigenvalue weighted by atomic mass is 16.3. The van der Waals surface area contributed by atoms with E-state index in [1.165, 1.54) is 0 Å². The molecule has 156 valence electrons. The SMILES string of the molecule is [2H]C(C)(C)c1ccc2c(c1)oc1c(-c3nc4cncc(C)c4n3-c3ccccc3)cccc12. The number of aromatic nitrogens is 3. The molecule has 32 heavy (non-hydrogen) atoms. The summed E-state index contributed by atoms with van der Waals surface area (Å²) in [5.41, 5.74) is 7.42. The fourth-order valence-corrected chi connectivity index (χ4v) is 4.48. The van der Waals surface area contributed by atoms with Crippen molar-refractivity contribution in [1.82, 2.24) is 14.5 Å². The molecule has 0 radical (unpaired) electrons. The van der Waals surface area contributed by atoms with Gasteiger partial charge in [-0.1, -0.05) is 56.3 Å². The van der Waals surface area contributed by atoms with Gasteiger partial charge in [-0.15, -0.1) is 0 Å². The largest absolute Gasteiger partial charge is 0.455 e. The lowest BCUT2D eigenvalue weighted by Crippen LogP contribution is -1.98. The van der Waals surface area contributed by atoms with Crippen LogP contribution in [0.3, 0.4) is 0 Å². The van der Waals surface area contributed by atoms with Crippen molar-refractivity contribution < 1.29 is 5.79 Å². The maximum absolute atomic E-state index is 8.40. The molecular formula is C28H23N3O. The second-order valence-corrected chi connectivity index (χ2v) is 8.43. The highest BCUT2D eigenvalue weighted by Gasteiger charge is 2.20. The lowest BCUT2D eigenvalue weighted by Gasteiger charge is -2.11. The Labute approximate surface area is 187 Å². The maximum Gasteiger partial charge on any atom is 0.149 e. The highest BCUT2D eigenvalue weighted by molar-refractivity contribution is 6.09. The summed E-state index contributed by atoms with van der Waals surface area (Å²) in [6.07, 6.45) is 3.69. The van der Waals surface area contributed by atoms with Gasteiger partial charge in [0.2, 0.25) is 0 Å².